The third kappa shape index (κ3) is 3.68. The van der Waals surface area contributed by atoms with E-state index in [-0.39, 0.29) is 5.92 Å². The minimum absolute atomic E-state index is 0.0227. The number of benzene rings is 1. The highest BCUT2D eigenvalue weighted by molar-refractivity contribution is 6.07. The first kappa shape index (κ1) is 15.5. The molecule has 1 aromatic heterocycles. The van der Waals surface area contributed by atoms with Gasteiger partial charge in [-0.15, -0.1) is 0 Å². The van der Waals surface area contributed by atoms with Crippen molar-refractivity contribution in [3.8, 4) is 5.75 Å². The number of likely N-dealkylation sites (N-methyl/N-ethyl adjacent to an activating group) is 1. The van der Waals surface area contributed by atoms with Crippen molar-refractivity contribution in [2.75, 3.05) is 33.9 Å². The Bertz CT molecular complexity index is 671. The summed E-state index contributed by atoms with van der Waals surface area (Å²) in [4.78, 5) is 12.1. The van der Waals surface area contributed by atoms with Gasteiger partial charge in [-0.2, -0.15) is 0 Å². The lowest BCUT2D eigenvalue weighted by Gasteiger charge is -2.26. The van der Waals surface area contributed by atoms with E-state index in [1.54, 1.807) is 6.20 Å². The van der Waals surface area contributed by atoms with Gasteiger partial charge in [-0.25, -0.2) is 0 Å². The molecule has 3 rings (SSSR count). The summed E-state index contributed by atoms with van der Waals surface area (Å²) < 4.78 is 5.88. The van der Waals surface area contributed by atoms with Gasteiger partial charge in [0.25, 0.3) is 0 Å². The molecule has 0 fully saturated rings. The molecule has 0 radical (unpaired) electrons. The molecule has 1 aliphatic rings. The Hall–Kier alpha value is -2.40. The predicted molar refractivity (Wildman–Crippen MR) is 90.0 cm³/mol. The van der Waals surface area contributed by atoms with Crippen LogP contribution in [0.25, 0.3) is 0 Å². The largest absolute Gasteiger partial charge is 0.492 e. The van der Waals surface area contributed by atoms with Crippen molar-refractivity contribution in [3.05, 3.63) is 59.9 Å². The van der Waals surface area contributed by atoms with Crippen molar-refractivity contribution in [1.29, 1.82) is 0 Å². The first-order valence-electron chi connectivity index (χ1n) is 7.73. The molecule has 5 heteroatoms. The molecular formula is C18H21N3O2. The van der Waals surface area contributed by atoms with Crippen LogP contribution in [0.5, 0.6) is 5.75 Å². The zero-order chi connectivity index (χ0) is 16.1. The third-order valence-electron chi connectivity index (χ3n) is 3.74. The van der Waals surface area contributed by atoms with Gasteiger partial charge < -0.3 is 14.5 Å². The van der Waals surface area contributed by atoms with Crippen LogP contribution in [0.2, 0.25) is 0 Å². The number of oxime groups is 1. The summed E-state index contributed by atoms with van der Waals surface area (Å²) in [5, 5.41) is 4.42. The monoisotopic (exact) mass is 311 g/mol. The van der Waals surface area contributed by atoms with Crippen LogP contribution < -0.4 is 4.74 Å². The molecule has 1 unspecified atom stereocenters. The Kier molecular flexibility index (Phi) is 4.88. The molecule has 0 saturated carbocycles. The quantitative estimate of drug-likeness (QED) is 0.629. The van der Waals surface area contributed by atoms with Gasteiger partial charge in [-0.3, -0.25) is 4.98 Å². The molecule has 1 aliphatic heterocycles. The van der Waals surface area contributed by atoms with Crippen LogP contribution >= 0.6 is 0 Å². The van der Waals surface area contributed by atoms with Crippen LogP contribution in [0.3, 0.4) is 0 Å². The van der Waals surface area contributed by atoms with Crippen molar-refractivity contribution in [2.24, 2.45) is 5.16 Å². The summed E-state index contributed by atoms with van der Waals surface area (Å²) in [6.07, 6.45) is 1.79. The van der Waals surface area contributed by atoms with Crippen LogP contribution in [0.15, 0.2) is 53.8 Å². The second-order valence-corrected chi connectivity index (χ2v) is 5.73. The van der Waals surface area contributed by atoms with E-state index >= 15 is 0 Å². The van der Waals surface area contributed by atoms with Crippen molar-refractivity contribution in [3.63, 3.8) is 0 Å². The lowest BCUT2D eigenvalue weighted by atomic mass is 9.91. The van der Waals surface area contributed by atoms with E-state index in [1.807, 2.05) is 56.6 Å². The van der Waals surface area contributed by atoms with Crippen molar-refractivity contribution >= 4 is 5.71 Å². The highest BCUT2D eigenvalue weighted by atomic mass is 16.6. The molecule has 0 bridgehead atoms. The number of para-hydroxylation sites is 1. The van der Waals surface area contributed by atoms with Gasteiger partial charge in [-0.05, 0) is 38.4 Å². The van der Waals surface area contributed by atoms with E-state index in [9.17, 15) is 0 Å². The molecular weight excluding hydrogens is 290 g/mol. The average Bonchev–Trinajstić information content (AvgIpc) is 2.59. The van der Waals surface area contributed by atoms with Crippen LogP contribution in [0.1, 0.15) is 17.2 Å². The maximum absolute atomic E-state index is 5.88. The van der Waals surface area contributed by atoms with Crippen LogP contribution in [-0.4, -0.2) is 49.4 Å². The highest BCUT2D eigenvalue weighted by Gasteiger charge is 2.29. The first-order chi connectivity index (χ1) is 11.3. The average molecular weight is 311 g/mol. The van der Waals surface area contributed by atoms with Crippen molar-refractivity contribution < 1.29 is 9.57 Å². The summed E-state index contributed by atoms with van der Waals surface area (Å²) in [5.41, 5.74) is 2.79. The Morgan fingerprint density at radius 3 is 2.83 bits per heavy atom. The normalized spacial score (nSPS) is 18.6. The fourth-order valence-electron chi connectivity index (χ4n) is 2.50. The van der Waals surface area contributed by atoms with E-state index < -0.39 is 0 Å². The van der Waals surface area contributed by atoms with Gasteiger partial charge in [-0.1, -0.05) is 23.4 Å². The summed E-state index contributed by atoms with van der Waals surface area (Å²) in [5.74, 6) is 0.820. The molecule has 2 heterocycles. The Morgan fingerprint density at radius 2 is 2.04 bits per heavy atom. The number of nitrogens with zero attached hydrogens (tertiary/aromatic N) is 3. The Balaban J connectivity index is 1.89. The molecule has 0 saturated heterocycles. The summed E-state index contributed by atoms with van der Waals surface area (Å²) in [7, 11) is 4.02. The van der Waals surface area contributed by atoms with Gasteiger partial charge in [0.2, 0.25) is 0 Å². The lowest BCUT2D eigenvalue weighted by Crippen LogP contribution is -2.28. The maximum Gasteiger partial charge on any atom is 0.129 e. The topological polar surface area (TPSA) is 47.0 Å². The summed E-state index contributed by atoms with van der Waals surface area (Å²) in [6, 6.07) is 13.8. The second-order valence-electron chi connectivity index (χ2n) is 5.73. The third-order valence-corrected chi connectivity index (χ3v) is 3.74. The lowest BCUT2D eigenvalue weighted by molar-refractivity contribution is 0.124. The van der Waals surface area contributed by atoms with Gasteiger partial charge in [0.15, 0.2) is 0 Å². The highest BCUT2D eigenvalue weighted by Crippen LogP contribution is 2.32. The molecule has 0 spiro atoms. The van der Waals surface area contributed by atoms with E-state index in [1.165, 1.54) is 0 Å². The molecule has 1 aromatic carbocycles. The number of rotatable bonds is 5. The molecule has 0 amide bonds. The SMILES string of the molecule is CN(C)CCON=C1c2ccccc2OCC1c1ccccn1. The van der Waals surface area contributed by atoms with Crippen molar-refractivity contribution in [1.82, 2.24) is 9.88 Å². The molecule has 1 atom stereocenters. The molecule has 5 nitrogen and oxygen atoms in total. The van der Waals surface area contributed by atoms with E-state index in [4.69, 9.17) is 9.57 Å². The zero-order valence-electron chi connectivity index (χ0n) is 13.5. The zero-order valence-corrected chi connectivity index (χ0v) is 13.5. The van der Waals surface area contributed by atoms with Gasteiger partial charge in [0.1, 0.15) is 24.7 Å². The molecule has 0 N–H and O–H groups in total. The van der Waals surface area contributed by atoms with Gasteiger partial charge in [0.05, 0.1) is 11.6 Å². The van der Waals surface area contributed by atoms with Crippen LogP contribution in [-0.2, 0) is 4.84 Å². The summed E-state index contributed by atoms with van der Waals surface area (Å²) >= 11 is 0. The molecule has 120 valence electrons. The van der Waals surface area contributed by atoms with Crippen LogP contribution in [0.4, 0.5) is 0 Å². The molecule has 23 heavy (non-hydrogen) atoms. The van der Waals surface area contributed by atoms with Gasteiger partial charge >= 0.3 is 0 Å². The van der Waals surface area contributed by atoms with Gasteiger partial charge in [0, 0.05) is 18.3 Å². The molecule has 0 aliphatic carbocycles. The number of aromatic nitrogens is 1. The van der Waals surface area contributed by atoms with Crippen molar-refractivity contribution in [2.45, 2.75) is 5.92 Å². The predicted octanol–water partition coefficient (Wildman–Crippen LogP) is 2.54. The standard InChI is InChI=1S/C18H21N3O2/c1-21(2)11-12-23-20-18-14-7-3-4-9-17(14)22-13-15(18)16-8-5-6-10-19-16/h3-10,15H,11-13H2,1-2H3. The van der Waals surface area contributed by atoms with Crippen LogP contribution in [0, 0.1) is 0 Å². The van der Waals surface area contributed by atoms with E-state index in [0.29, 0.717) is 13.2 Å². The second kappa shape index (κ2) is 7.24. The van der Waals surface area contributed by atoms with E-state index in [0.717, 1.165) is 29.3 Å². The number of pyridine rings is 1. The maximum atomic E-state index is 5.88. The molecule has 2 aromatic rings. The number of hydrogen-bond donors (Lipinski definition) is 0. The first-order valence-corrected chi connectivity index (χ1v) is 7.73. The minimum Gasteiger partial charge on any atom is -0.492 e. The number of ether oxygens (including phenoxy) is 1. The Morgan fingerprint density at radius 1 is 1.22 bits per heavy atom. The number of hydrogen-bond acceptors (Lipinski definition) is 5. The fourth-order valence-corrected chi connectivity index (χ4v) is 2.50. The Labute approximate surface area is 136 Å². The number of fused-ring (bicyclic) bond motifs is 1. The minimum atomic E-state index is -0.0227. The smallest absolute Gasteiger partial charge is 0.129 e. The van der Waals surface area contributed by atoms with E-state index in [2.05, 4.69) is 15.0 Å². The summed E-state index contributed by atoms with van der Waals surface area (Å²) in [6.45, 7) is 1.89. The fraction of sp³-hybridized carbons (Fsp3) is 0.333.